The van der Waals surface area contributed by atoms with Crippen LogP contribution in [-0.2, 0) is 29.0 Å². The molecule has 0 unspecified atom stereocenters. The number of amides is 2. The van der Waals surface area contributed by atoms with Crippen molar-refractivity contribution >= 4 is 11.8 Å². The van der Waals surface area contributed by atoms with E-state index in [1.165, 1.54) is 17.7 Å². The summed E-state index contributed by atoms with van der Waals surface area (Å²) in [4.78, 5) is 28.9. The Kier molecular flexibility index (Phi) is 9.18. The van der Waals surface area contributed by atoms with Crippen molar-refractivity contribution in [2.75, 3.05) is 0 Å². The summed E-state index contributed by atoms with van der Waals surface area (Å²) in [7, 11) is 0. The Labute approximate surface area is 208 Å². The lowest BCUT2D eigenvalue weighted by molar-refractivity contribution is -0.141. The normalized spacial score (nSPS) is 12.6. The zero-order valence-corrected chi connectivity index (χ0v) is 21.1. The third-order valence-electron chi connectivity index (χ3n) is 6.46. The van der Waals surface area contributed by atoms with Gasteiger partial charge in [0.2, 0.25) is 11.8 Å². The Hall–Kier alpha value is -3.47. The molecule has 35 heavy (non-hydrogen) atoms. The second-order valence-corrected chi connectivity index (χ2v) is 9.27. The number of benzene rings is 3. The molecular formula is C30H35FN2O2. The van der Waals surface area contributed by atoms with Crippen molar-refractivity contribution in [2.45, 2.75) is 65.6 Å². The maximum Gasteiger partial charge on any atom is 0.243 e. The molecule has 0 fully saturated rings. The highest BCUT2D eigenvalue weighted by molar-refractivity contribution is 5.89. The molecule has 3 rings (SSSR count). The largest absolute Gasteiger partial charge is 0.352 e. The minimum atomic E-state index is -0.699. The molecule has 0 heterocycles. The van der Waals surface area contributed by atoms with Gasteiger partial charge in [-0.1, -0.05) is 67.6 Å². The highest BCUT2D eigenvalue weighted by atomic mass is 19.1. The van der Waals surface area contributed by atoms with E-state index in [1.807, 2.05) is 76.2 Å². The van der Waals surface area contributed by atoms with Gasteiger partial charge in [-0.3, -0.25) is 9.59 Å². The van der Waals surface area contributed by atoms with E-state index in [2.05, 4.69) is 5.32 Å². The van der Waals surface area contributed by atoms with Gasteiger partial charge >= 0.3 is 0 Å². The van der Waals surface area contributed by atoms with Crippen LogP contribution in [0.4, 0.5) is 4.39 Å². The van der Waals surface area contributed by atoms with Crippen LogP contribution in [0.2, 0.25) is 0 Å². The van der Waals surface area contributed by atoms with E-state index in [1.54, 1.807) is 17.0 Å². The number of hydrogen-bond acceptors (Lipinski definition) is 2. The van der Waals surface area contributed by atoms with Crippen molar-refractivity contribution in [1.82, 2.24) is 10.2 Å². The first kappa shape index (κ1) is 26.1. The van der Waals surface area contributed by atoms with Gasteiger partial charge in [0.1, 0.15) is 11.9 Å². The molecule has 0 aromatic heterocycles. The summed E-state index contributed by atoms with van der Waals surface area (Å²) in [6.45, 7) is 8.25. The van der Waals surface area contributed by atoms with Gasteiger partial charge < -0.3 is 10.2 Å². The van der Waals surface area contributed by atoms with Gasteiger partial charge in [-0.25, -0.2) is 4.39 Å². The summed E-state index contributed by atoms with van der Waals surface area (Å²) >= 11 is 0. The van der Waals surface area contributed by atoms with Gasteiger partial charge in [-0.2, -0.15) is 0 Å². The summed E-state index contributed by atoms with van der Waals surface area (Å²) in [5, 5.41) is 3.07. The molecule has 0 aliphatic heterocycles. The number of halogens is 1. The maximum atomic E-state index is 13.7. The minimum Gasteiger partial charge on any atom is -0.352 e. The van der Waals surface area contributed by atoms with Crippen LogP contribution in [0.25, 0.3) is 0 Å². The number of hydrogen-bond donors (Lipinski definition) is 1. The van der Waals surface area contributed by atoms with Gasteiger partial charge in [0, 0.05) is 19.0 Å². The molecule has 1 N–H and O–H groups in total. The van der Waals surface area contributed by atoms with Crippen molar-refractivity contribution in [3.63, 3.8) is 0 Å². The lowest BCUT2D eigenvalue weighted by Gasteiger charge is -2.32. The van der Waals surface area contributed by atoms with Gasteiger partial charge in [0.15, 0.2) is 0 Å². The maximum absolute atomic E-state index is 13.7. The number of nitrogens with one attached hydrogen (secondary N) is 1. The number of rotatable bonds is 10. The van der Waals surface area contributed by atoms with Gasteiger partial charge in [0.05, 0.1) is 6.42 Å². The van der Waals surface area contributed by atoms with Crippen LogP contribution in [0.3, 0.4) is 0 Å². The van der Waals surface area contributed by atoms with E-state index in [9.17, 15) is 14.0 Å². The third kappa shape index (κ3) is 7.51. The standard InChI is InChI=1S/C30H35FN2O2/c1-5-23(4)32-30(35)28(18-24-9-7-6-8-10-24)33(20-25-13-15-27(31)16-14-25)29(34)19-26-12-11-21(2)22(3)17-26/h6-17,23,28H,5,18-20H2,1-4H3,(H,32,35)/t23-,28+/m1/s1. The lowest BCUT2D eigenvalue weighted by atomic mass is 10.00. The number of carbonyl (C=O) groups excluding carboxylic acids is 2. The number of carbonyl (C=O) groups is 2. The average Bonchev–Trinajstić information content (AvgIpc) is 2.85. The molecule has 0 saturated carbocycles. The van der Waals surface area contributed by atoms with Gasteiger partial charge in [-0.05, 0) is 67.1 Å². The number of nitrogens with zero attached hydrogens (tertiary/aromatic N) is 1. The Morgan fingerprint density at radius 2 is 1.54 bits per heavy atom. The summed E-state index contributed by atoms with van der Waals surface area (Å²) in [5.74, 6) is -0.659. The van der Waals surface area contributed by atoms with Crippen LogP contribution in [0, 0.1) is 19.7 Å². The molecule has 0 aliphatic carbocycles. The molecule has 0 aliphatic rings. The molecular weight excluding hydrogens is 439 g/mol. The highest BCUT2D eigenvalue weighted by Crippen LogP contribution is 2.18. The Morgan fingerprint density at radius 1 is 0.886 bits per heavy atom. The van der Waals surface area contributed by atoms with E-state index < -0.39 is 6.04 Å². The molecule has 0 radical (unpaired) electrons. The molecule has 3 aromatic carbocycles. The molecule has 2 amide bonds. The predicted octanol–water partition coefficient (Wildman–Crippen LogP) is 5.54. The third-order valence-corrected chi connectivity index (χ3v) is 6.46. The molecule has 5 heteroatoms. The van der Waals surface area contributed by atoms with Gasteiger partial charge in [0.25, 0.3) is 0 Å². The molecule has 0 saturated heterocycles. The fraction of sp³-hybridized carbons (Fsp3) is 0.333. The fourth-order valence-corrected chi connectivity index (χ4v) is 3.97. The van der Waals surface area contributed by atoms with Crippen LogP contribution < -0.4 is 5.32 Å². The van der Waals surface area contributed by atoms with Crippen molar-refractivity contribution in [3.05, 3.63) is 106 Å². The first-order valence-corrected chi connectivity index (χ1v) is 12.2. The Balaban J connectivity index is 1.97. The average molecular weight is 475 g/mol. The van der Waals surface area contributed by atoms with E-state index in [-0.39, 0.29) is 36.6 Å². The summed E-state index contributed by atoms with van der Waals surface area (Å²) in [6.07, 6.45) is 1.37. The number of aryl methyl sites for hydroxylation is 2. The van der Waals surface area contributed by atoms with Crippen molar-refractivity contribution in [3.8, 4) is 0 Å². The highest BCUT2D eigenvalue weighted by Gasteiger charge is 2.31. The quantitative estimate of drug-likeness (QED) is 0.419. The van der Waals surface area contributed by atoms with E-state index in [0.717, 1.165) is 28.7 Å². The van der Waals surface area contributed by atoms with Crippen LogP contribution >= 0.6 is 0 Å². The molecule has 184 valence electrons. The topological polar surface area (TPSA) is 49.4 Å². The molecule has 4 nitrogen and oxygen atoms in total. The van der Waals surface area contributed by atoms with Crippen LogP contribution in [0.5, 0.6) is 0 Å². The zero-order chi connectivity index (χ0) is 25.4. The molecule has 3 aromatic rings. The van der Waals surface area contributed by atoms with Crippen LogP contribution in [0.15, 0.2) is 72.8 Å². The zero-order valence-electron chi connectivity index (χ0n) is 21.1. The van der Waals surface area contributed by atoms with Crippen molar-refractivity contribution in [2.24, 2.45) is 0 Å². The smallest absolute Gasteiger partial charge is 0.243 e. The molecule has 0 spiro atoms. The molecule has 2 atom stereocenters. The molecule has 0 bridgehead atoms. The van der Waals surface area contributed by atoms with E-state index in [4.69, 9.17) is 0 Å². The fourth-order valence-electron chi connectivity index (χ4n) is 3.97. The van der Waals surface area contributed by atoms with Crippen LogP contribution in [0.1, 0.15) is 48.1 Å². The summed E-state index contributed by atoms with van der Waals surface area (Å²) in [6, 6.07) is 21.1. The first-order valence-electron chi connectivity index (χ1n) is 12.2. The summed E-state index contributed by atoms with van der Waals surface area (Å²) in [5.41, 5.74) is 4.94. The van der Waals surface area contributed by atoms with Crippen molar-refractivity contribution < 1.29 is 14.0 Å². The minimum absolute atomic E-state index is 0.0108. The first-order chi connectivity index (χ1) is 16.8. The summed E-state index contributed by atoms with van der Waals surface area (Å²) < 4.78 is 13.6. The van der Waals surface area contributed by atoms with Crippen LogP contribution in [-0.4, -0.2) is 28.8 Å². The Morgan fingerprint density at radius 3 is 2.17 bits per heavy atom. The van der Waals surface area contributed by atoms with E-state index in [0.29, 0.717) is 6.42 Å². The van der Waals surface area contributed by atoms with E-state index >= 15 is 0 Å². The Bertz CT molecular complexity index is 1130. The monoisotopic (exact) mass is 474 g/mol. The van der Waals surface area contributed by atoms with Crippen molar-refractivity contribution in [1.29, 1.82) is 0 Å². The second kappa shape index (κ2) is 12.3. The lowest BCUT2D eigenvalue weighted by Crippen LogP contribution is -2.52. The van der Waals surface area contributed by atoms with Gasteiger partial charge in [-0.15, -0.1) is 0 Å². The second-order valence-electron chi connectivity index (χ2n) is 9.27. The SMILES string of the molecule is CC[C@@H](C)NC(=O)[C@H](Cc1ccccc1)N(Cc1ccc(F)cc1)C(=O)Cc1ccc(C)c(C)c1. The predicted molar refractivity (Wildman–Crippen MR) is 138 cm³/mol.